The monoisotopic (exact) mass is 100 g/mol. The highest BCUT2D eigenvalue weighted by atomic mass is 14.7. The average Bonchev–Trinajstić information content (AvgIpc) is 1.69. The zero-order chi connectivity index (χ0) is 5.54. The van der Waals surface area contributed by atoms with Gasteiger partial charge >= 0.3 is 0 Å². The lowest BCUT2D eigenvalue weighted by Crippen LogP contribution is -1.99. The highest BCUT2D eigenvalue weighted by Gasteiger charge is 1.73. The van der Waals surface area contributed by atoms with Crippen molar-refractivity contribution < 1.29 is 0 Å². The molecule has 0 aliphatic carbocycles. The van der Waals surface area contributed by atoms with Gasteiger partial charge in [0.25, 0.3) is 0 Å². The fourth-order valence-electron chi connectivity index (χ4n) is 0.312. The molecule has 0 atom stereocenters. The van der Waals surface area contributed by atoms with Crippen molar-refractivity contribution >= 4 is 6.21 Å². The molecule has 2 heteroatoms. The van der Waals surface area contributed by atoms with E-state index in [4.69, 9.17) is 5.73 Å². The minimum Gasteiger partial charge on any atom is -0.330 e. The van der Waals surface area contributed by atoms with E-state index in [0.29, 0.717) is 0 Å². The van der Waals surface area contributed by atoms with Crippen LogP contribution in [0.15, 0.2) is 4.99 Å². The SMILES string of the molecule is C/C=N\CCCN. The second kappa shape index (κ2) is 5.63. The second-order valence-electron chi connectivity index (χ2n) is 1.31. The van der Waals surface area contributed by atoms with Gasteiger partial charge in [-0.25, -0.2) is 0 Å². The molecule has 0 bridgehead atoms. The molecular formula is C5H12N2. The minimum atomic E-state index is 0.747. The Kier molecular flexibility index (Phi) is 5.33. The first-order valence-electron chi connectivity index (χ1n) is 2.56. The van der Waals surface area contributed by atoms with E-state index >= 15 is 0 Å². The zero-order valence-electron chi connectivity index (χ0n) is 4.72. The smallest absolute Gasteiger partial charge is 0.0397 e. The summed E-state index contributed by atoms with van der Waals surface area (Å²) in [5.41, 5.74) is 5.20. The van der Waals surface area contributed by atoms with E-state index in [0.717, 1.165) is 19.5 Å². The number of nitrogens with two attached hydrogens (primary N) is 1. The highest BCUT2D eigenvalue weighted by molar-refractivity contribution is 5.53. The summed E-state index contributed by atoms with van der Waals surface area (Å²) in [5, 5.41) is 0. The first-order chi connectivity index (χ1) is 3.41. The van der Waals surface area contributed by atoms with Gasteiger partial charge in [0.1, 0.15) is 0 Å². The molecule has 0 spiro atoms. The van der Waals surface area contributed by atoms with Crippen LogP contribution in [0.25, 0.3) is 0 Å². The van der Waals surface area contributed by atoms with Gasteiger partial charge in [-0.15, -0.1) is 0 Å². The Morgan fingerprint density at radius 3 is 2.86 bits per heavy atom. The molecule has 0 saturated heterocycles. The molecule has 7 heavy (non-hydrogen) atoms. The van der Waals surface area contributed by atoms with E-state index in [1.165, 1.54) is 0 Å². The topological polar surface area (TPSA) is 38.4 Å². The van der Waals surface area contributed by atoms with Crippen molar-refractivity contribution in [1.82, 2.24) is 0 Å². The maximum Gasteiger partial charge on any atom is 0.0397 e. The second-order valence-corrected chi connectivity index (χ2v) is 1.31. The van der Waals surface area contributed by atoms with Crippen LogP contribution >= 0.6 is 0 Å². The van der Waals surface area contributed by atoms with Crippen LogP contribution in [-0.4, -0.2) is 19.3 Å². The first-order valence-corrected chi connectivity index (χ1v) is 2.56. The van der Waals surface area contributed by atoms with Gasteiger partial charge in [0.05, 0.1) is 0 Å². The van der Waals surface area contributed by atoms with Crippen molar-refractivity contribution in [3.8, 4) is 0 Å². The maximum absolute atomic E-state index is 5.20. The van der Waals surface area contributed by atoms with E-state index in [2.05, 4.69) is 4.99 Å². The third-order valence-electron chi connectivity index (χ3n) is 0.674. The van der Waals surface area contributed by atoms with Crippen LogP contribution in [-0.2, 0) is 0 Å². The molecule has 0 unspecified atom stereocenters. The van der Waals surface area contributed by atoms with Crippen LogP contribution in [0.4, 0.5) is 0 Å². The molecule has 0 aliphatic rings. The van der Waals surface area contributed by atoms with Gasteiger partial charge in [-0.3, -0.25) is 4.99 Å². The van der Waals surface area contributed by atoms with Crippen LogP contribution in [0.3, 0.4) is 0 Å². The van der Waals surface area contributed by atoms with Gasteiger partial charge in [0, 0.05) is 6.54 Å². The molecule has 0 aromatic carbocycles. The van der Waals surface area contributed by atoms with Crippen molar-refractivity contribution in [3.63, 3.8) is 0 Å². The summed E-state index contributed by atoms with van der Waals surface area (Å²) in [6, 6.07) is 0. The Labute approximate surface area is 44.4 Å². The number of hydrogen-bond acceptors (Lipinski definition) is 2. The lowest BCUT2D eigenvalue weighted by Gasteiger charge is -1.84. The van der Waals surface area contributed by atoms with E-state index in [9.17, 15) is 0 Å². The van der Waals surface area contributed by atoms with Crippen molar-refractivity contribution in [3.05, 3.63) is 0 Å². The highest BCUT2D eigenvalue weighted by Crippen LogP contribution is 1.72. The van der Waals surface area contributed by atoms with Gasteiger partial charge in [-0.05, 0) is 26.1 Å². The summed E-state index contributed by atoms with van der Waals surface area (Å²) >= 11 is 0. The molecule has 0 aromatic heterocycles. The molecular weight excluding hydrogens is 88.1 g/mol. The predicted molar refractivity (Wildman–Crippen MR) is 32.7 cm³/mol. The average molecular weight is 100 g/mol. The van der Waals surface area contributed by atoms with Crippen LogP contribution in [0, 0.1) is 0 Å². The normalized spacial score (nSPS) is 10.6. The van der Waals surface area contributed by atoms with E-state index < -0.39 is 0 Å². The van der Waals surface area contributed by atoms with Gasteiger partial charge in [-0.1, -0.05) is 0 Å². The molecule has 0 amide bonds. The van der Waals surface area contributed by atoms with E-state index in [1.807, 2.05) is 6.92 Å². The quantitative estimate of drug-likeness (QED) is 0.405. The Morgan fingerprint density at radius 1 is 1.71 bits per heavy atom. The molecule has 42 valence electrons. The third kappa shape index (κ3) is 5.63. The summed E-state index contributed by atoms with van der Waals surface area (Å²) in [6.07, 6.45) is 2.81. The predicted octanol–water partition coefficient (Wildman–Crippen LogP) is 0.426. The van der Waals surface area contributed by atoms with Crippen molar-refractivity contribution in [1.29, 1.82) is 0 Å². The van der Waals surface area contributed by atoms with Crippen LogP contribution in [0.2, 0.25) is 0 Å². The maximum atomic E-state index is 5.20. The number of nitrogens with zero attached hydrogens (tertiary/aromatic N) is 1. The molecule has 0 aliphatic heterocycles. The molecule has 0 saturated carbocycles. The number of aliphatic imine (C=N–C) groups is 1. The van der Waals surface area contributed by atoms with Gasteiger partial charge in [0.15, 0.2) is 0 Å². The number of hydrogen-bond donors (Lipinski definition) is 1. The molecule has 0 radical (unpaired) electrons. The largest absolute Gasteiger partial charge is 0.330 e. The van der Waals surface area contributed by atoms with E-state index in [-0.39, 0.29) is 0 Å². The fraction of sp³-hybridized carbons (Fsp3) is 0.800. The summed E-state index contributed by atoms with van der Waals surface area (Å²) < 4.78 is 0. The summed E-state index contributed by atoms with van der Waals surface area (Å²) in [7, 11) is 0. The molecule has 0 aromatic rings. The molecule has 0 heterocycles. The lowest BCUT2D eigenvalue weighted by atomic mass is 10.4. The van der Waals surface area contributed by atoms with Crippen LogP contribution in [0.1, 0.15) is 13.3 Å². The third-order valence-corrected chi connectivity index (χ3v) is 0.674. The molecule has 2 nitrogen and oxygen atoms in total. The van der Waals surface area contributed by atoms with E-state index in [1.54, 1.807) is 6.21 Å². The Hall–Kier alpha value is -0.370. The summed E-state index contributed by atoms with van der Waals surface area (Å²) in [4.78, 5) is 3.96. The molecule has 0 rings (SSSR count). The lowest BCUT2D eigenvalue weighted by molar-refractivity contribution is 0.847. The Morgan fingerprint density at radius 2 is 2.43 bits per heavy atom. The Bertz CT molecular complexity index is 50.0. The first kappa shape index (κ1) is 6.63. The zero-order valence-corrected chi connectivity index (χ0v) is 4.72. The molecule has 2 N–H and O–H groups in total. The van der Waals surface area contributed by atoms with Crippen molar-refractivity contribution in [2.75, 3.05) is 13.1 Å². The fourth-order valence-corrected chi connectivity index (χ4v) is 0.312. The van der Waals surface area contributed by atoms with Crippen molar-refractivity contribution in [2.24, 2.45) is 10.7 Å². The minimum absolute atomic E-state index is 0.747. The molecule has 0 fully saturated rings. The standard InChI is InChI=1S/C5H12N2/c1-2-7-5-3-4-6/h2H,3-6H2,1H3/b7-2-. The van der Waals surface area contributed by atoms with Gasteiger partial charge in [-0.2, -0.15) is 0 Å². The Balaban J connectivity index is 2.69. The summed E-state index contributed by atoms with van der Waals surface area (Å²) in [6.45, 7) is 3.54. The van der Waals surface area contributed by atoms with Gasteiger partial charge in [0.2, 0.25) is 0 Å². The van der Waals surface area contributed by atoms with Crippen LogP contribution < -0.4 is 5.73 Å². The number of rotatable bonds is 3. The van der Waals surface area contributed by atoms with Crippen LogP contribution in [0.5, 0.6) is 0 Å². The van der Waals surface area contributed by atoms with Crippen molar-refractivity contribution in [2.45, 2.75) is 13.3 Å². The van der Waals surface area contributed by atoms with Gasteiger partial charge < -0.3 is 5.73 Å². The summed E-state index contributed by atoms with van der Waals surface area (Å²) in [5.74, 6) is 0.